The summed E-state index contributed by atoms with van der Waals surface area (Å²) in [5.41, 5.74) is 3.42. The summed E-state index contributed by atoms with van der Waals surface area (Å²) in [6.45, 7) is 1.07. The zero-order valence-corrected chi connectivity index (χ0v) is 18.5. The summed E-state index contributed by atoms with van der Waals surface area (Å²) in [7, 11) is 3.21. The van der Waals surface area contributed by atoms with Crippen molar-refractivity contribution in [3.63, 3.8) is 0 Å². The summed E-state index contributed by atoms with van der Waals surface area (Å²) in [5, 5.41) is 1.13. The van der Waals surface area contributed by atoms with Crippen LogP contribution in [-0.4, -0.2) is 20.3 Å². The van der Waals surface area contributed by atoms with Crippen molar-refractivity contribution in [3.05, 3.63) is 97.8 Å². The van der Waals surface area contributed by atoms with E-state index in [1.165, 1.54) is 7.05 Å². The molecule has 162 valence electrons. The first-order valence-electron chi connectivity index (χ1n) is 10.4. The van der Waals surface area contributed by atoms with E-state index in [1.54, 1.807) is 23.7 Å². The van der Waals surface area contributed by atoms with Gasteiger partial charge in [-0.15, -0.1) is 0 Å². The summed E-state index contributed by atoms with van der Waals surface area (Å²) in [6.07, 6.45) is 3.58. The quantitative estimate of drug-likeness (QED) is 0.474. The van der Waals surface area contributed by atoms with Crippen molar-refractivity contribution >= 4 is 28.6 Å². The van der Waals surface area contributed by atoms with E-state index in [4.69, 9.17) is 16.3 Å². The minimum Gasteiger partial charge on any atom is -0.366 e. The maximum absolute atomic E-state index is 13.3. The van der Waals surface area contributed by atoms with Gasteiger partial charge in [-0.05, 0) is 29.3 Å². The van der Waals surface area contributed by atoms with Gasteiger partial charge in [-0.1, -0.05) is 60.1 Å². The van der Waals surface area contributed by atoms with Crippen LogP contribution < -0.4 is 11.2 Å². The van der Waals surface area contributed by atoms with E-state index in [1.807, 2.05) is 54.6 Å². The molecule has 0 bridgehead atoms. The highest BCUT2D eigenvalue weighted by Gasteiger charge is 2.31. The van der Waals surface area contributed by atoms with Crippen LogP contribution in [0.25, 0.3) is 28.2 Å². The van der Waals surface area contributed by atoms with E-state index < -0.39 is 6.10 Å². The molecule has 4 aromatic rings. The molecule has 2 aromatic heterocycles. The van der Waals surface area contributed by atoms with Gasteiger partial charge in [0.15, 0.2) is 0 Å². The lowest BCUT2D eigenvalue weighted by Crippen LogP contribution is -2.37. The zero-order valence-electron chi connectivity index (χ0n) is 17.8. The predicted octanol–water partition coefficient (Wildman–Crippen LogP) is 4.14. The maximum Gasteiger partial charge on any atom is 0.331 e. The van der Waals surface area contributed by atoms with Gasteiger partial charge in [0.2, 0.25) is 0 Å². The first-order valence-corrected chi connectivity index (χ1v) is 10.8. The summed E-state index contributed by atoms with van der Waals surface area (Å²) in [4.78, 5) is 26.1. The number of aromatic nitrogens is 3. The van der Waals surface area contributed by atoms with Crippen molar-refractivity contribution < 1.29 is 4.74 Å². The fourth-order valence-corrected chi connectivity index (χ4v) is 4.55. The third-order valence-electron chi connectivity index (χ3n) is 5.97. The van der Waals surface area contributed by atoms with Gasteiger partial charge in [-0.3, -0.25) is 13.9 Å². The Morgan fingerprint density at radius 1 is 1.00 bits per heavy atom. The molecular formula is C25H22ClN3O3. The predicted molar refractivity (Wildman–Crippen MR) is 127 cm³/mol. The van der Waals surface area contributed by atoms with Crippen LogP contribution >= 0.6 is 11.6 Å². The van der Waals surface area contributed by atoms with Gasteiger partial charge in [-0.2, -0.15) is 0 Å². The van der Waals surface area contributed by atoms with Crippen LogP contribution in [0.2, 0.25) is 5.02 Å². The standard InChI is InChI=1S/C25H22ClN3O3/c1-27-23-20(24(30)28(2)25(27)31)21(17-9-11-18(26)12-10-17)29-14-15-32-19(22(23)29)13-8-16-6-4-3-5-7-16/h3-13,19H,14-15H2,1-2H3/b13-8-/t19-/m0/s1. The molecule has 1 atom stereocenters. The van der Waals surface area contributed by atoms with Crippen molar-refractivity contribution in [1.29, 1.82) is 0 Å². The third kappa shape index (κ3) is 3.23. The molecule has 3 heterocycles. The Bertz CT molecular complexity index is 1460. The van der Waals surface area contributed by atoms with Gasteiger partial charge in [-0.25, -0.2) is 4.79 Å². The van der Waals surface area contributed by atoms with Crippen LogP contribution in [0.1, 0.15) is 17.4 Å². The van der Waals surface area contributed by atoms with Crippen LogP contribution in [0.4, 0.5) is 0 Å². The number of hydrogen-bond donors (Lipinski definition) is 0. The second-order valence-corrected chi connectivity index (χ2v) is 8.32. The first kappa shape index (κ1) is 20.5. The smallest absolute Gasteiger partial charge is 0.331 e. The Balaban J connectivity index is 1.83. The molecule has 2 aromatic carbocycles. The zero-order chi connectivity index (χ0) is 22.4. The van der Waals surface area contributed by atoms with E-state index in [-0.39, 0.29) is 11.2 Å². The van der Waals surface area contributed by atoms with Gasteiger partial charge in [0.1, 0.15) is 6.10 Å². The molecule has 5 rings (SSSR count). The van der Waals surface area contributed by atoms with E-state index >= 15 is 0 Å². The van der Waals surface area contributed by atoms with Crippen molar-refractivity contribution in [2.75, 3.05) is 6.61 Å². The number of aryl methyl sites for hydroxylation is 1. The maximum atomic E-state index is 13.3. The third-order valence-corrected chi connectivity index (χ3v) is 6.22. The molecule has 0 saturated heterocycles. The number of benzene rings is 2. The van der Waals surface area contributed by atoms with Crippen molar-refractivity contribution in [3.8, 4) is 11.3 Å². The lowest BCUT2D eigenvalue weighted by molar-refractivity contribution is 0.0532. The molecule has 0 fully saturated rings. The molecule has 7 heteroatoms. The molecule has 0 radical (unpaired) electrons. The lowest BCUT2D eigenvalue weighted by Gasteiger charge is -2.25. The Labute approximate surface area is 189 Å². The lowest BCUT2D eigenvalue weighted by atomic mass is 10.1. The number of nitrogens with zero attached hydrogens (tertiary/aromatic N) is 3. The number of hydrogen-bond acceptors (Lipinski definition) is 3. The largest absolute Gasteiger partial charge is 0.366 e. The summed E-state index contributed by atoms with van der Waals surface area (Å²) < 4.78 is 10.9. The monoisotopic (exact) mass is 447 g/mol. The van der Waals surface area contributed by atoms with Gasteiger partial charge >= 0.3 is 5.69 Å². The molecule has 1 aliphatic heterocycles. The molecule has 0 spiro atoms. The van der Waals surface area contributed by atoms with Crippen LogP contribution in [0.5, 0.6) is 0 Å². The number of halogens is 1. The highest BCUT2D eigenvalue weighted by Crippen LogP contribution is 2.38. The van der Waals surface area contributed by atoms with Crippen molar-refractivity contribution in [1.82, 2.24) is 13.7 Å². The molecule has 1 aliphatic rings. The summed E-state index contributed by atoms with van der Waals surface area (Å²) in [6, 6.07) is 17.4. The second kappa shape index (κ2) is 7.97. The number of rotatable bonds is 3. The molecule has 32 heavy (non-hydrogen) atoms. The van der Waals surface area contributed by atoms with Gasteiger partial charge in [0, 0.05) is 25.7 Å². The van der Waals surface area contributed by atoms with Crippen LogP contribution in [-0.2, 0) is 25.4 Å². The molecule has 0 N–H and O–H groups in total. The van der Waals surface area contributed by atoms with Crippen molar-refractivity contribution in [2.45, 2.75) is 12.6 Å². The average Bonchev–Trinajstić information content (AvgIpc) is 3.17. The van der Waals surface area contributed by atoms with E-state index in [9.17, 15) is 9.59 Å². The topological polar surface area (TPSA) is 58.2 Å². The Kier molecular flexibility index (Phi) is 5.12. The van der Waals surface area contributed by atoms with E-state index in [0.717, 1.165) is 27.1 Å². The summed E-state index contributed by atoms with van der Waals surface area (Å²) in [5.74, 6) is 0. The highest BCUT2D eigenvalue weighted by atomic mass is 35.5. The summed E-state index contributed by atoms with van der Waals surface area (Å²) >= 11 is 6.11. The fraction of sp³-hybridized carbons (Fsp3) is 0.200. The Morgan fingerprint density at radius 2 is 1.72 bits per heavy atom. The molecule has 0 aliphatic carbocycles. The first-order chi connectivity index (χ1) is 15.5. The van der Waals surface area contributed by atoms with E-state index in [2.05, 4.69) is 4.57 Å². The molecule has 6 nitrogen and oxygen atoms in total. The molecule has 0 unspecified atom stereocenters. The molecular weight excluding hydrogens is 426 g/mol. The van der Waals surface area contributed by atoms with Gasteiger partial charge in [0.05, 0.1) is 28.9 Å². The highest BCUT2D eigenvalue weighted by molar-refractivity contribution is 6.30. The van der Waals surface area contributed by atoms with Gasteiger partial charge < -0.3 is 9.30 Å². The van der Waals surface area contributed by atoms with Gasteiger partial charge in [0.25, 0.3) is 5.56 Å². The van der Waals surface area contributed by atoms with Crippen LogP contribution in [0, 0.1) is 0 Å². The van der Waals surface area contributed by atoms with Crippen LogP contribution in [0.3, 0.4) is 0 Å². The molecule has 0 amide bonds. The average molecular weight is 448 g/mol. The Morgan fingerprint density at radius 3 is 2.44 bits per heavy atom. The second-order valence-electron chi connectivity index (χ2n) is 7.88. The van der Waals surface area contributed by atoms with E-state index in [0.29, 0.717) is 29.1 Å². The van der Waals surface area contributed by atoms with Crippen molar-refractivity contribution in [2.24, 2.45) is 14.1 Å². The normalized spacial score (nSPS) is 16.0. The minimum absolute atomic E-state index is 0.319. The Hall–Kier alpha value is -3.35. The number of fused-ring (bicyclic) bond motifs is 3. The molecule has 0 saturated carbocycles. The SMILES string of the molecule is Cn1c(=O)c2c(-c3ccc(Cl)cc3)n3c(c2n(C)c1=O)[C@H](/C=C\c1ccccc1)OCC3. The number of ether oxygens (including phenoxy) is 1. The fourth-order valence-electron chi connectivity index (χ4n) is 4.43. The minimum atomic E-state index is -0.398. The van der Waals surface area contributed by atoms with Crippen LogP contribution in [0.15, 0.2) is 70.3 Å².